The molecule has 1 aliphatic rings. The molecule has 0 aliphatic carbocycles. The fourth-order valence-electron chi connectivity index (χ4n) is 3.90. The van der Waals surface area contributed by atoms with Crippen molar-refractivity contribution in [3.05, 3.63) is 47.9 Å². The third kappa shape index (κ3) is 4.82. The number of rotatable bonds is 6. The molecule has 1 amide bonds. The summed E-state index contributed by atoms with van der Waals surface area (Å²) in [7, 11) is 0. The summed E-state index contributed by atoms with van der Waals surface area (Å²) in [4.78, 5) is 19.8. The van der Waals surface area contributed by atoms with Gasteiger partial charge in [0.25, 0.3) is 5.91 Å². The summed E-state index contributed by atoms with van der Waals surface area (Å²) in [6.45, 7) is 4.96. The second-order valence-electron chi connectivity index (χ2n) is 7.99. The van der Waals surface area contributed by atoms with Crippen LogP contribution < -0.4 is 5.32 Å². The van der Waals surface area contributed by atoms with Crippen LogP contribution in [0.1, 0.15) is 30.1 Å². The third-order valence-electron chi connectivity index (χ3n) is 5.88. The lowest BCUT2D eigenvalue weighted by atomic mass is 9.96. The van der Waals surface area contributed by atoms with Gasteiger partial charge in [-0.05, 0) is 63.0 Å². The number of carbonyl (C=O) groups is 1. The van der Waals surface area contributed by atoms with Gasteiger partial charge in [0.05, 0.1) is 11.9 Å². The predicted octanol–water partition coefficient (Wildman–Crippen LogP) is 3.51. The number of hydrogen-bond donors (Lipinski definition) is 2. The Bertz CT molecular complexity index is 1060. The standard InChI is InChI=1S/C22H25FIN5O2/c1-14(11-24)28-8-6-15(7-9-28)12-25-22(31)18-13-26-29-20(30)10-19(27-21(18)29)16-2-4-17(23)5-3-16/h2-5,10,13-15,30H,6-9,11-12H2,1H3,(H,25,31). The largest absolute Gasteiger partial charge is 0.493 e. The number of nitrogens with one attached hydrogen (secondary N) is 1. The van der Waals surface area contributed by atoms with Crippen LogP contribution in [0, 0.1) is 11.7 Å². The van der Waals surface area contributed by atoms with Crippen molar-refractivity contribution in [1.29, 1.82) is 0 Å². The molecule has 2 aromatic heterocycles. The zero-order valence-electron chi connectivity index (χ0n) is 17.3. The molecule has 3 aromatic rings. The number of benzene rings is 1. The zero-order chi connectivity index (χ0) is 22.0. The molecule has 7 nitrogen and oxygen atoms in total. The molecule has 3 heterocycles. The molecular weight excluding hydrogens is 512 g/mol. The molecule has 0 saturated carbocycles. The highest BCUT2D eigenvalue weighted by Gasteiger charge is 2.23. The van der Waals surface area contributed by atoms with E-state index in [2.05, 4.69) is 49.8 Å². The Morgan fingerprint density at radius 3 is 2.71 bits per heavy atom. The van der Waals surface area contributed by atoms with Crippen LogP contribution in [0.15, 0.2) is 36.5 Å². The number of piperidine rings is 1. The predicted molar refractivity (Wildman–Crippen MR) is 125 cm³/mol. The van der Waals surface area contributed by atoms with Gasteiger partial charge in [0.15, 0.2) is 5.65 Å². The summed E-state index contributed by atoms with van der Waals surface area (Å²) in [6.07, 6.45) is 3.53. The number of alkyl halides is 1. The summed E-state index contributed by atoms with van der Waals surface area (Å²) >= 11 is 2.42. The molecule has 9 heteroatoms. The van der Waals surface area contributed by atoms with E-state index in [9.17, 15) is 14.3 Å². The first-order valence-electron chi connectivity index (χ1n) is 10.4. The number of nitrogens with zero attached hydrogens (tertiary/aromatic N) is 4. The summed E-state index contributed by atoms with van der Waals surface area (Å²) in [6, 6.07) is 7.84. The van der Waals surface area contributed by atoms with Gasteiger partial charge in [-0.15, -0.1) is 0 Å². The number of amides is 1. The van der Waals surface area contributed by atoms with Gasteiger partial charge >= 0.3 is 0 Å². The van der Waals surface area contributed by atoms with E-state index in [0.29, 0.717) is 35.3 Å². The molecule has 1 aliphatic heterocycles. The Kier molecular flexibility index (Phi) is 6.71. The van der Waals surface area contributed by atoms with E-state index < -0.39 is 0 Å². The average molecular weight is 537 g/mol. The Balaban J connectivity index is 1.46. The molecule has 164 valence electrons. The highest BCUT2D eigenvalue weighted by molar-refractivity contribution is 14.1. The Hall–Kier alpha value is -2.27. The van der Waals surface area contributed by atoms with Crippen molar-refractivity contribution in [3.8, 4) is 17.1 Å². The van der Waals surface area contributed by atoms with Gasteiger partial charge in [-0.1, -0.05) is 22.6 Å². The van der Waals surface area contributed by atoms with Crippen molar-refractivity contribution in [3.63, 3.8) is 0 Å². The van der Waals surface area contributed by atoms with Gasteiger partial charge in [-0.25, -0.2) is 9.37 Å². The van der Waals surface area contributed by atoms with E-state index in [0.717, 1.165) is 30.4 Å². The summed E-state index contributed by atoms with van der Waals surface area (Å²) < 4.78 is 15.6. The number of carbonyl (C=O) groups excluding carboxylic acids is 1. The van der Waals surface area contributed by atoms with E-state index in [1.807, 2.05) is 0 Å². The SMILES string of the molecule is CC(CI)N1CCC(CNC(=O)c2cnn3c(O)cc(-c4ccc(F)cc4)nc23)CC1. The van der Waals surface area contributed by atoms with Gasteiger partial charge in [0.2, 0.25) is 5.88 Å². The maximum atomic E-state index is 13.2. The highest BCUT2D eigenvalue weighted by Crippen LogP contribution is 2.25. The van der Waals surface area contributed by atoms with Crippen molar-refractivity contribution in [1.82, 2.24) is 24.8 Å². The lowest BCUT2D eigenvalue weighted by molar-refractivity contribution is 0.0932. The first-order valence-corrected chi connectivity index (χ1v) is 11.9. The molecule has 0 radical (unpaired) electrons. The molecular formula is C22H25FIN5O2. The number of halogens is 2. The first-order chi connectivity index (χ1) is 15.0. The van der Waals surface area contributed by atoms with Gasteiger partial charge in [0, 0.05) is 28.6 Å². The minimum Gasteiger partial charge on any atom is -0.493 e. The van der Waals surface area contributed by atoms with Crippen LogP contribution in [-0.2, 0) is 0 Å². The summed E-state index contributed by atoms with van der Waals surface area (Å²) in [5, 5.41) is 17.4. The van der Waals surface area contributed by atoms with Crippen LogP contribution in [0.4, 0.5) is 4.39 Å². The van der Waals surface area contributed by atoms with Crippen molar-refractivity contribution < 1.29 is 14.3 Å². The van der Waals surface area contributed by atoms with Gasteiger partial charge < -0.3 is 10.4 Å². The Morgan fingerprint density at radius 1 is 1.32 bits per heavy atom. The molecule has 0 bridgehead atoms. The van der Waals surface area contributed by atoms with E-state index in [-0.39, 0.29) is 23.3 Å². The number of aromatic hydroxyl groups is 1. The van der Waals surface area contributed by atoms with Crippen LogP contribution >= 0.6 is 22.6 Å². The Labute approximate surface area is 193 Å². The van der Waals surface area contributed by atoms with Gasteiger partial charge in [-0.2, -0.15) is 9.61 Å². The van der Waals surface area contributed by atoms with Crippen LogP contribution in [0.5, 0.6) is 5.88 Å². The van der Waals surface area contributed by atoms with E-state index in [1.165, 1.54) is 28.9 Å². The molecule has 1 atom stereocenters. The van der Waals surface area contributed by atoms with Crippen LogP contribution in [-0.4, -0.2) is 60.6 Å². The smallest absolute Gasteiger partial charge is 0.256 e. The van der Waals surface area contributed by atoms with E-state index in [1.54, 1.807) is 12.1 Å². The van der Waals surface area contributed by atoms with Gasteiger partial charge in [0.1, 0.15) is 11.4 Å². The summed E-state index contributed by atoms with van der Waals surface area (Å²) in [5.74, 6) is -0.311. The molecule has 1 unspecified atom stereocenters. The third-order valence-corrected chi connectivity index (χ3v) is 7.16. The first kappa shape index (κ1) is 21.9. The van der Waals surface area contributed by atoms with Gasteiger partial charge in [-0.3, -0.25) is 9.69 Å². The molecule has 1 aromatic carbocycles. The lowest BCUT2D eigenvalue weighted by Gasteiger charge is -2.35. The second-order valence-corrected chi connectivity index (χ2v) is 8.87. The highest BCUT2D eigenvalue weighted by atomic mass is 127. The minimum absolute atomic E-state index is 0.139. The maximum absolute atomic E-state index is 13.2. The maximum Gasteiger partial charge on any atom is 0.256 e. The van der Waals surface area contributed by atoms with E-state index >= 15 is 0 Å². The fourth-order valence-corrected chi connectivity index (χ4v) is 4.46. The average Bonchev–Trinajstić information content (AvgIpc) is 3.22. The number of hydrogen-bond acceptors (Lipinski definition) is 5. The topological polar surface area (TPSA) is 82.8 Å². The van der Waals surface area contributed by atoms with Crippen molar-refractivity contribution in [2.45, 2.75) is 25.8 Å². The quantitative estimate of drug-likeness (QED) is 0.372. The monoisotopic (exact) mass is 537 g/mol. The van der Waals surface area contributed by atoms with Crippen LogP contribution in [0.3, 0.4) is 0 Å². The van der Waals surface area contributed by atoms with Crippen molar-refractivity contribution in [2.24, 2.45) is 5.92 Å². The minimum atomic E-state index is -0.354. The molecule has 4 rings (SSSR count). The number of aromatic nitrogens is 3. The second kappa shape index (κ2) is 9.47. The molecule has 2 N–H and O–H groups in total. The molecule has 0 spiro atoms. The Morgan fingerprint density at radius 2 is 2.03 bits per heavy atom. The van der Waals surface area contributed by atoms with Crippen molar-refractivity contribution in [2.75, 3.05) is 24.1 Å². The zero-order valence-corrected chi connectivity index (χ0v) is 19.4. The molecule has 1 saturated heterocycles. The fraction of sp³-hybridized carbons (Fsp3) is 0.409. The van der Waals surface area contributed by atoms with E-state index in [4.69, 9.17) is 0 Å². The molecule has 1 fully saturated rings. The summed E-state index contributed by atoms with van der Waals surface area (Å²) in [5.41, 5.74) is 1.65. The number of likely N-dealkylation sites (tertiary alicyclic amines) is 1. The normalized spacial score (nSPS) is 16.5. The number of fused-ring (bicyclic) bond motifs is 1. The van der Waals surface area contributed by atoms with Crippen LogP contribution in [0.25, 0.3) is 16.9 Å². The lowest BCUT2D eigenvalue weighted by Crippen LogP contribution is -2.43. The van der Waals surface area contributed by atoms with Crippen molar-refractivity contribution >= 4 is 34.1 Å². The molecule has 31 heavy (non-hydrogen) atoms. The van der Waals surface area contributed by atoms with Crippen LogP contribution in [0.2, 0.25) is 0 Å².